The summed E-state index contributed by atoms with van der Waals surface area (Å²) in [6.45, 7) is 1.84. The molecule has 0 aliphatic rings. The maximum Gasteiger partial charge on any atom is 0.192 e. The van der Waals surface area contributed by atoms with Crippen molar-refractivity contribution >= 4 is 23.0 Å². The molecule has 0 amide bonds. The average molecular weight is 280 g/mol. The number of methoxy groups -OCH3 is 1. The Balaban J connectivity index is 3.18. The number of aryl methyl sites for hydroxylation is 1. The van der Waals surface area contributed by atoms with E-state index < -0.39 is 0 Å². The molecule has 0 saturated carbocycles. The molecule has 0 bridgehead atoms. The van der Waals surface area contributed by atoms with Crippen LogP contribution in [0.5, 0.6) is 17.2 Å². The van der Waals surface area contributed by atoms with Gasteiger partial charge >= 0.3 is 0 Å². The van der Waals surface area contributed by atoms with Crippen LogP contribution in [0.1, 0.15) is 5.56 Å². The van der Waals surface area contributed by atoms with Crippen molar-refractivity contribution in [3.8, 4) is 17.2 Å². The van der Waals surface area contributed by atoms with Gasteiger partial charge in [-0.15, -0.1) is 0 Å². The molecule has 0 atom stereocenters. The van der Waals surface area contributed by atoms with Crippen molar-refractivity contribution in [2.75, 3.05) is 7.11 Å². The third kappa shape index (κ3) is 1.74. The standard InChI is InChI=1S/C8H9IO3/c1-5-3-6(11-2)4-7(10)8(5)12-9/h3-4,10H,1-2H3. The lowest BCUT2D eigenvalue weighted by Gasteiger charge is -2.07. The Hall–Kier alpha value is -0.650. The minimum Gasteiger partial charge on any atom is -0.504 e. The number of ether oxygens (including phenoxy) is 1. The number of phenols is 1. The fourth-order valence-corrected chi connectivity index (χ4v) is 1.51. The summed E-state index contributed by atoms with van der Waals surface area (Å²) in [5.74, 6) is 1.21. The average Bonchev–Trinajstić information content (AvgIpc) is 2.03. The predicted octanol–water partition coefficient (Wildman–Crippen LogP) is 2.44. The van der Waals surface area contributed by atoms with Gasteiger partial charge in [0.05, 0.1) is 7.11 Å². The molecule has 4 heteroatoms. The van der Waals surface area contributed by atoms with Crippen LogP contribution in [0.15, 0.2) is 12.1 Å². The third-order valence-electron chi connectivity index (χ3n) is 1.54. The summed E-state index contributed by atoms with van der Waals surface area (Å²) >= 11 is 1.73. The molecule has 0 saturated heterocycles. The van der Waals surface area contributed by atoms with Crippen molar-refractivity contribution in [1.82, 2.24) is 0 Å². The predicted molar refractivity (Wildman–Crippen MR) is 54.0 cm³/mol. The van der Waals surface area contributed by atoms with Crippen molar-refractivity contribution in [2.24, 2.45) is 0 Å². The molecule has 12 heavy (non-hydrogen) atoms. The van der Waals surface area contributed by atoms with Crippen molar-refractivity contribution < 1.29 is 12.9 Å². The maximum atomic E-state index is 9.39. The summed E-state index contributed by atoms with van der Waals surface area (Å²) in [6.07, 6.45) is 0. The SMILES string of the molecule is COc1cc(C)c(OI)c(O)c1. The lowest BCUT2D eigenvalue weighted by atomic mass is 10.2. The molecular weight excluding hydrogens is 271 g/mol. The Morgan fingerprint density at radius 2 is 2.08 bits per heavy atom. The fraction of sp³-hybridized carbons (Fsp3) is 0.250. The number of aromatic hydroxyl groups is 1. The summed E-state index contributed by atoms with van der Waals surface area (Å²) in [5.41, 5.74) is 0.848. The zero-order valence-electron chi connectivity index (χ0n) is 6.80. The minimum atomic E-state index is 0.0984. The van der Waals surface area contributed by atoms with Crippen LogP contribution in [0.2, 0.25) is 0 Å². The Labute approximate surface area is 85.0 Å². The Morgan fingerprint density at radius 3 is 2.50 bits per heavy atom. The molecule has 1 aromatic carbocycles. The molecule has 0 fully saturated rings. The number of phenolic OH excluding ortho intramolecular Hbond substituents is 1. The number of benzene rings is 1. The number of halogens is 1. The van der Waals surface area contributed by atoms with Crippen molar-refractivity contribution in [3.63, 3.8) is 0 Å². The summed E-state index contributed by atoms with van der Waals surface area (Å²) in [5, 5.41) is 9.39. The van der Waals surface area contributed by atoms with E-state index in [1.807, 2.05) is 6.92 Å². The van der Waals surface area contributed by atoms with Crippen LogP contribution in [-0.4, -0.2) is 12.2 Å². The molecule has 1 N–H and O–H groups in total. The minimum absolute atomic E-state index is 0.0984. The van der Waals surface area contributed by atoms with E-state index in [0.29, 0.717) is 11.5 Å². The smallest absolute Gasteiger partial charge is 0.192 e. The second-order valence-electron chi connectivity index (χ2n) is 2.37. The van der Waals surface area contributed by atoms with Crippen molar-refractivity contribution in [1.29, 1.82) is 0 Å². The zero-order chi connectivity index (χ0) is 9.14. The first kappa shape index (κ1) is 9.44. The molecule has 0 aliphatic carbocycles. The summed E-state index contributed by atoms with van der Waals surface area (Å²) in [7, 11) is 1.55. The van der Waals surface area contributed by atoms with Crippen LogP contribution < -0.4 is 7.80 Å². The molecule has 0 spiro atoms. The van der Waals surface area contributed by atoms with Crippen LogP contribution in [0.4, 0.5) is 0 Å². The molecule has 0 radical (unpaired) electrons. The van der Waals surface area contributed by atoms with Crippen LogP contribution >= 0.6 is 23.0 Å². The normalized spacial score (nSPS) is 9.58. The van der Waals surface area contributed by atoms with E-state index >= 15 is 0 Å². The monoisotopic (exact) mass is 280 g/mol. The zero-order valence-corrected chi connectivity index (χ0v) is 8.95. The molecule has 1 aromatic rings. The van der Waals surface area contributed by atoms with Gasteiger partial charge in [-0.3, -0.25) is 0 Å². The van der Waals surface area contributed by atoms with Crippen molar-refractivity contribution in [3.05, 3.63) is 17.7 Å². The highest BCUT2D eigenvalue weighted by molar-refractivity contribution is 14.1. The van der Waals surface area contributed by atoms with Gasteiger partial charge in [0.15, 0.2) is 34.5 Å². The molecule has 0 unspecified atom stereocenters. The van der Waals surface area contributed by atoms with E-state index in [1.165, 1.54) is 6.07 Å². The van der Waals surface area contributed by atoms with Gasteiger partial charge in [-0.05, 0) is 18.6 Å². The van der Waals surface area contributed by atoms with Crippen LogP contribution in [0.3, 0.4) is 0 Å². The maximum absolute atomic E-state index is 9.39. The highest BCUT2D eigenvalue weighted by atomic mass is 127. The number of rotatable bonds is 2. The lowest BCUT2D eigenvalue weighted by molar-refractivity contribution is 0.403. The molecule has 0 heterocycles. The first-order chi connectivity index (χ1) is 5.69. The second kappa shape index (κ2) is 3.84. The van der Waals surface area contributed by atoms with Gasteiger partial charge in [-0.2, -0.15) is 0 Å². The van der Waals surface area contributed by atoms with E-state index in [0.717, 1.165) is 5.56 Å². The Kier molecular flexibility index (Phi) is 3.02. The van der Waals surface area contributed by atoms with Gasteiger partial charge in [-0.1, -0.05) is 0 Å². The quantitative estimate of drug-likeness (QED) is 0.846. The molecule has 1 rings (SSSR count). The van der Waals surface area contributed by atoms with E-state index in [-0.39, 0.29) is 5.75 Å². The molecule has 0 aromatic heterocycles. The van der Waals surface area contributed by atoms with Crippen LogP contribution in [0.25, 0.3) is 0 Å². The van der Waals surface area contributed by atoms with Gasteiger partial charge in [-0.25, -0.2) is 0 Å². The fourth-order valence-electron chi connectivity index (χ4n) is 0.941. The lowest BCUT2D eigenvalue weighted by Crippen LogP contribution is -1.86. The summed E-state index contributed by atoms with van der Waals surface area (Å²) in [4.78, 5) is 0. The number of hydrogen-bond acceptors (Lipinski definition) is 3. The summed E-state index contributed by atoms with van der Waals surface area (Å²) in [6, 6.07) is 3.31. The number of hydrogen-bond donors (Lipinski definition) is 1. The van der Waals surface area contributed by atoms with E-state index in [4.69, 9.17) is 7.80 Å². The van der Waals surface area contributed by atoms with Crippen LogP contribution in [0, 0.1) is 6.92 Å². The van der Waals surface area contributed by atoms with Gasteiger partial charge in [0.25, 0.3) is 0 Å². The topological polar surface area (TPSA) is 38.7 Å². The molecule has 66 valence electrons. The molecule has 3 nitrogen and oxygen atoms in total. The van der Waals surface area contributed by atoms with Gasteiger partial charge in [0.2, 0.25) is 0 Å². The molecular formula is C8H9IO3. The Bertz CT molecular complexity index is 263. The molecule has 0 aliphatic heterocycles. The van der Waals surface area contributed by atoms with Crippen LogP contribution in [-0.2, 0) is 0 Å². The highest BCUT2D eigenvalue weighted by Crippen LogP contribution is 2.35. The highest BCUT2D eigenvalue weighted by Gasteiger charge is 2.07. The van der Waals surface area contributed by atoms with E-state index in [2.05, 4.69) is 0 Å². The first-order valence-corrected chi connectivity index (χ1v) is 4.23. The first-order valence-electron chi connectivity index (χ1n) is 3.35. The second-order valence-corrected chi connectivity index (χ2v) is 2.81. The summed E-state index contributed by atoms with van der Waals surface area (Å²) < 4.78 is 9.90. The van der Waals surface area contributed by atoms with E-state index in [1.54, 1.807) is 36.2 Å². The Morgan fingerprint density at radius 1 is 1.42 bits per heavy atom. The van der Waals surface area contributed by atoms with Gasteiger partial charge in [0, 0.05) is 6.07 Å². The van der Waals surface area contributed by atoms with Gasteiger partial charge in [0.1, 0.15) is 5.75 Å². The van der Waals surface area contributed by atoms with Crippen molar-refractivity contribution in [2.45, 2.75) is 6.92 Å². The van der Waals surface area contributed by atoms with E-state index in [9.17, 15) is 5.11 Å². The third-order valence-corrected chi connectivity index (χ3v) is 1.98. The largest absolute Gasteiger partial charge is 0.504 e. The van der Waals surface area contributed by atoms with Gasteiger partial charge < -0.3 is 12.9 Å².